The lowest BCUT2D eigenvalue weighted by molar-refractivity contribution is 0.375. The molecule has 0 spiro atoms. The minimum atomic E-state index is 0. The Morgan fingerprint density at radius 3 is 2.95 bits per heavy atom. The Bertz CT molecular complexity index is 406. The highest BCUT2D eigenvalue weighted by Crippen LogP contribution is 2.29. The van der Waals surface area contributed by atoms with Crippen molar-refractivity contribution < 1.29 is 0 Å². The molecule has 2 rings (SSSR count). The van der Waals surface area contributed by atoms with E-state index in [9.17, 15) is 0 Å². The molecule has 0 saturated carbocycles. The van der Waals surface area contributed by atoms with Crippen molar-refractivity contribution in [3.05, 3.63) is 16.6 Å². The number of hydrogen-bond donors (Lipinski definition) is 1. The average Bonchev–Trinajstić information content (AvgIpc) is 2.81. The molecule has 0 atom stereocenters. The molecule has 1 fully saturated rings. The maximum atomic E-state index is 4.38. The first kappa shape index (κ1) is 17.0. The van der Waals surface area contributed by atoms with E-state index < -0.39 is 0 Å². The van der Waals surface area contributed by atoms with Gasteiger partial charge in [-0.3, -0.25) is 4.99 Å². The number of thioether (sulfide) groups is 1. The number of hydrogen-bond acceptors (Lipinski definition) is 4. The van der Waals surface area contributed by atoms with E-state index in [0.29, 0.717) is 4.75 Å². The molecule has 1 aliphatic rings. The molecule has 1 N–H and O–H groups in total. The number of nitrogens with one attached hydrogen (secondary N) is 1. The zero-order chi connectivity index (χ0) is 13.0. The van der Waals surface area contributed by atoms with Gasteiger partial charge >= 0.3 is 0 Å². The Balaban J connectivity index is 0.00000180. The van der Waals surface area contributed by atoms with Gasteiger partial charge in [0.1, 0.15) is 5.01 Å². The number of halogens is 1. The number of aliphatic imine (C=N–C) groups is 1. The molecule has 1 saturated heterocycles. The van der Waals surface area contributed by atoms with Gasteiger partial charge in [0.15, 0.2) is 5.96 Å². The van der Waals surface area contributed by atoms with Crippen LogP contribution in [0.1, 0.15) is 18.9 Å². The second-order valence-electron chi connectivity index (χ2n) is 4.86. The monoisotopic (exact) mass is 412 g/mol. The van der Waals surface area contributed by atoms with Crippen molar-refractivity contribution in [2.24, 2.45) is 4.99 Å². The van der Waals surface area contributed by atoms with Crippen LogP contribution in [0.5, 0.6) is 0 Å². The summed E-state index contributed by atoms with van der Waals surface area (Å²) in [5.74, 6) is 2.14. The first-order valence-electron chi connectivity index (χ1n) is 6.09. The molecule has 0 aromatic carbocycles. The fourth-order valence-electron chi connectivity index (χ4n) is 2.02. The van der Waals surface area contributed by atoms with Gasteiger partial charge in [-0.05, 0) is 13.8 Å². The SMILES string of the molecule is CN=C(NCc1nccs1)N1CCSC(C)(C)C1.I. The van der Waals surface area contributed by atoms with E-state index in [4.69, 9.17) is 0 Å². The Morgan fingerprint density at radius 1 is 1.58 bits per heavy atom. The minimum Gasteiger partial charge on any atom is -0.350 e. The lowest BCUT2D eigenvalue weighted by Crippen LogP contribution is -2.50. The van der Waals surface area contributed by atoms with Gasteiger partial charge in [0.05, 0.1) is 6.54 Å². The highest BCUT2D eigenvalue weighted by Gasteiger charge is 2.28. The zero-order valence-corrected chi connectivity index (χ0v) is 15.5. The highest BCUT2D eigenvalue weighted by molar-refractivity contribution is 14.0. The van der Waals surface area contributed by atoms with Crippen molar-refractivity contribution in [2.75, 3.05) is 25.9 Å². The minimum absolute atomic E-state index is 0. The van der Waals surface area contributed by atoms with Gasteiger partial charge in [-0.15, -0.1) is 35.3 Å². The van der Waals surface area contributed by atoms with Crippen LogP contribution >= 0.6 is 47.1 Å². The van der Waals surface area contributed by atoms with Crippen molar-refractivity contribution in [1.82, 2.24) is 15.2 Å². The molecule has 1 aromatic heterocycles. The summed E-state index contributed by atoms with van der Waals surface area (Å²) in [5.41, 5.74) is 0. The predicted octanol–water partition coefficient (Wildman–Crippen LogP) is 2.66. The highest BCUT2D eigenvalue weighted by atomic mass is 127. The van der Waals surface area contributed by atoms with Gasteiger partial charge in [-0.1, -0.05) is 0 Å². The largest absolute Gasteiger partial charge is 0.350 e. The molecule has 7 heteroatoms. The number of rotatable bonds is 2. The van der Waals surface area contributed by atoms with Crippen LogP contribution in [0.3, 0.4) is 0 Å². The summed E-state index contributed by atoms with van der Waals surface area (Å²) >= 11 is 3.70. The zero-order valence-electron chi connectivity index (χ0n) is 11.5. The summed E-state index contributed by atoms with van der Waals surface area (Å²) in [6, 6.07) is 0. The standard InChI is InChI=1S/C12H20N4S2.HI/c1-12(2)9-16(5-7-18-12)11(13-3)15-8-10-14-4-6-17-10;/h4,6H,5,7-9H2,1-3H3,(H,13,15);1H. The van der Waals surface area contributed by atoms with Crippen molar-refractivity contribution in [2.45, 2.75) is 25.1 Å². The molecule has 0 bridgehead atoms. The molecule has 108 valence electrons. The number of thiazole rings is 1. The van der Waals surface area contributed by atoms with Crippen LogP contribution in [0.25, 0.3) is 0 Å². The molecule has 1 aromatic rings. The molecule has 0 unspecified atom stereocenters. The summed E-state index contributed by atoms with van der Waals surface area (Å²) in [5, 5.41) is 6.49. The van der Waals surface area contributed by atoms with Crippen molar-refractivity contribution in [1.29, 1.82) is 0 Å². The van der Waals surface area contributed by atoms with Crippen LogP contribution in [-0.2, 0) is 6.54 Å². The maximum absolute atomic E-state index is 4.38. The summed E-state index contributed by atoms with van der Waals surface area (Å²) < 4.78 is 0.303. The number of guanidine groups is 1. The van der Waals surface area contributed by atoms with Crippen molar-refractivity contribution in [3.8, 4) is 0 Å². The lowest BCUT2D eigenvalue weighted by atomic mass is 10.2. The van der Waals surface area contributed by atoms with E-state index in [0.717, 1.165) is 36.4 Å². The second kappa shape index (κ2) is 7.68. The van der Waals surface area contributed by atoms with Gasteiger partial charge in [-0.25, -0.2) is 4.98 Å². The van der Waals surface area contributed by atoms with E-state index in [1.165, 1.54) is 0 Å². The molecule has 19 heavy (non-hydrogen) atoms. The maximum Gasteiger partial charge on any atom is 0.194 e. The molecule has 0 amide bonds. The van der Waals surface area contributed by atoms with Gasteiger partial charge in [0, 0.05) is 42.2 Å². The van der Waals surface area contributed by atoms with Crippen molar-refractivity contribution in [3.63, 3.8) is 0 Å². The Kier molecular flexibility index (Phi) is 6.89. The number of aromatic nitrogens is 1. The van der Waals surface area contributed by atoms with Gasteiger partial charge in [0.2, 0.25) is 0 Å². The average molecular weight is 412 g/mol. The van der Waals surface area contributed by atoms with E-state index in [2.05, 4.69) is 34.0 Å². The quantitative estimate of drug-likeness (QED) is 0.461. The third kappa shape index (κ3) is 5.11. The van der Waals surface area contributed by atoms with Crippen LogP contribution in [0.4, 0.5) is 0 Å². The van der Waals surface area contributed by atoms with Crippen LogP contribution in [0.15, 0.2) is 16.6 Å². The summed E-state index contributed by atoms with van der Waals surface area (Å²) in [7, 11) is 1.85. The van der Waals surface area contributed by atoms with E-state index in [1.54, 1.807) is 11.3 Å². The van der Waals surface area contributed by atoms with Gasteiger partial charge in [-0.2, -0.15) is 11.8 Å². The molecule has 2 heterocycles. The third-order valence-electron chi connectivity index (χ3n) is 2.82. The topological polar surface area (TPSA) is 40.5 Å². The van der Waals surface area contributed by atoms with E-state index >= 15 is 0 Å². The van der Waals surface area contributed by atoms with Crippen LogP contribution in [0.2, 0.25) is 0 Å². The van der Waals surface area contributed by atoms with Crippen LogP contribution < -0.4 is 5.32 Å². The molecule has 4 nitrogen and oxygen atoms in total. The summed E-state index contributed by atoms with van der Waals surface area (Å²) in [4.78, 5) is 11.0. The Labute approximate surface area is 140 Å². The van der Waals surface area contributed by atoms with Gasteiger partial charge in [0.25, 0.3) is 0 Å². The molecule has 0 radical (unpaired) electrons. The normalized spacial score (nSPS) is 18.9. The van der Waals surface area contributed by atoms with Crippen molar-refractivity contribution >= 4 is 53.0 Å². The molecular weight excluding hydrogens is 391 g/mol. The first-order valence-corrected chi connectivity index (χ1v) is 7.95. The number of nitrogens with zero attached hydrogens (tertiary/aromatic N) is 3. The first-order chi connectivity index (χ1) is 8.61. The summed E-state index contributed by atoms with van der Waals surface area (Å²) in [6.45, 7) is 7.44. The smallest absolute Gasteiger partial charge is 0.194 e. The summed E-state index contributed by atoms with van der Waals surface area (Å²) in [6.07, 6.45) is 1.84. The molecule has 0 aliphatic carbocycles. The molecule has 1 aliphatic heterocycles. The van der Waals surface area contributed by atoms with E-state index in [1.807, 2.05) is 30.4 Å². The fraction of sp³-hybridized carbons (Fsp3) is 0.667. The van der Waals surface area contributed by atoms with E-state index in [-0.39, 0.29) is 24.0 Å². The Morgan fingerprint density at radius 2 is 2.37 bits per heavy atom. The van der Waals surface area contributed by atoms with Gasteiger partial charge < -0.3 is 10.2 Å². The lowest BCUT2D eigenvalue weighted by Gasteiger charge is -2.39. The Hall–Kier alpha value is -0.0200. The molecular formula is C12H21IN4S2. The third-order valence-corrected chi connectivity index (χ3v) is 4.90. The second-order valence-corrected chi connectivity index (χ2v) is 7.64. The van der Waals surface area contributed by atoms with Crippen LogP contribution in [-0.4, -0.2) is 46.5 Å². The van der Waals surface area contributed by atoms with Crippen LogP contribution in [0, 0.1) is 0 Å². The predicted molar refractivity (Wildman–Crippen MR) is 95.8 cm³/mol. The fourth-order valence-corrected chi connectivity index (χ4v) is 3.69.